The van der Waals surface area contributed by atoms with Crippen molar-refractivity contribution in [2.45, 2.75) is 6.92 Å². The first-order valence-electron chi connectivity index (χ1n) is 3.21. The minimum Gasteiger partial charge on any atom is -0.103 e. The average Bonchev–Trinajstić information content (AvgIpc) is 2.03. The van der Waals surface area contributed by atoms with Crippen LogP contribution in [0.15, 0.2) is 50.6 Å². The number of hydrogen-bond acceptors (Lipinski definition) is 0. The van der Waals surface area contributed by atoms with Crippen LogP contribution >= 0.6 is 0 Å². The van der Waals surface area contributed by atoms with Gasteiger partial charge in [0.15, 0.2) is 0 Å². The summed E-state index contributed by atoms with van der Waals surface area (Å²) in [6, 6.07) is 0. The molecule has 0 radical (unpaired) electrons. The molecule has 0 heteroatoms. The van der Waals surface area contributed by atoms with Crippen molar-refractivity contribution in [1.82, 2.24) is 0 Å². The maximum Gasteiger partial charge on any atom is -0.00872 e. The van der Waals surface area contributed by atoms with Gasteiger partial charge in [0.1, 0.15) is 0 Å². The van der Waals surface area contributed by atoms with Crippen LogP contribution in [-0.2, 0) is 0 Å². The zero-order valence-corrected chi connectivity index (χ0v) is 6.72. The van der Waals surface area contributed by atoms with E-state index in [1.54, 1.807) is 12.2 Å². The van der Waals surface area contributed by atoms with Gasteiger partial charge in [0, 0.05) is 0 Å². The summed E-state index contributed by atoms with van der Waals surface area (Å²) in [5, 5.41) is 0. The van der Waals surface area contributed by atoms with E-state index >= 15 is 0 Å². The van der Waals surface area contributed by atoms with Crippen LogP contribution in [0, 0.1) is 5.92 Å². The molecule has 0 spiro atoms. The molecule has 10 heavy (non-hydrogen) atoms. The maximum atomic E-state index is 3.56. The highest BCUT2D eigenvalue weighted by atomic mass is 13.8. The van der Waals surface area contributed by atoms with Gasteiger partial charge in [-0.1, -0.05) is 44.4 Å². The highest BCUT2D eigenvalue weighted by Gasteiger charge is 1.78. The molecule has 0 heterocycles. The summed E-state index contributed by atoms with van der Waals surface area (Å²) in [6.45, 7) is 15.9. The Morgan fingerprint density at radius 2 is 1.20 bits per heavy atom. The minimum absolute atomic E-state index is 0.463. The lowest BCUT2D eigenvalue weighted by molar-refractivity contribution is 0.948. The van der Waals surface area contributed by atoms with E-state index < -0.39 is 0 Å². The van der Waals surface area contributed by atoms with E-state index in [2.05, 4.69) is 26.3 Å². The molecular formula is C10H16. The molecule has 0 fully saturated rings. The standard InChI is InChI=1S/C6H10.C4H6/c1-4-6(3)5-2;1-3-4-2/h4-6H,1-2H2,3H3;3-4H,1-2H2. The third kappa shape index (κ3) is 15.8. The van der Waals surface area contributed by atoms with E-state index in [1.165, 1.54) is 0 Å². The van der Waals surface area contributed by atoms with Crippen molar-refractivity contribution >= 4 is 0 Å². The molecule has 0 aliphatic heterocycles. The quantitative estimate of drug-likeness (QED) is 0.412. The first-order chi connectivity index (χ1) is 4.72. The van der Waals surface area contributed by atoms with Gasteiger partial charge < -0.3 is 0 Å². The number of hydrogen-bond donors (Lipinski definition) is 0. The second-order valence-corrected chi connectivity index (χ2v) is 1.80. The third-order valence-corrected chi connectivity index (χ3v) is 0.910. The molecule has 0 rings (SSSR count). The molecule has 0 aromatic carbocycles. The van der Waals surface area contributed by atoms with Crippen molar-refractivity contribution in [3.63, 3.8) is 0 Å². The maximum absolute atomic E-state index is 3.56. The van der Waals surface area contributed by atoms with Crippen molar-refractivity contribution in [3.05, 3.63) is 50.6 Å². The van der Waals surface area contributed by atoms with Gasteiger partial charge in [-0.3, -0.25) is 0 Å². The topological polar surface area (TPSA) is 0 Å². The van der Waals surface area contributed by atoms with Crippen molar-refractivity contribution < 1.29 is 0 Å². The minimum atomic E-state index is 0.463. The first kappa shape index (κ1) is 11.7. The average molecular weight is 136 g/mol. The van der Waals surface area contributed by atoms with Gasteiger partial charge in [-0.25, -0.2) is 0 Å². The molecule has 0 amide bonds. The molecule has 0 nitrogen and oxygen atoms in total. The van der Waals surface area contributed by atoms with Crippen LogP contribution in [0.3, 0.4) is 0 Å². The van der Waals surface area contributed by atoms with Crippen LogP contribution in [0.2, 0.25) is 0 Å². The van der Waals surface area contributed by atoms with Crippen molar-refractivity contribution in [2.24, 2.45) is 5.92 Å². The van der Waals surface area contributed by atoms with Gasteiger partial charge in [-0.2, -0.15) is 0 Å². The van der Waals surface area contributed by atoms with Crippen LogP contribution in [0.25, 0.3) is 0 Å². The van der Waals surface area contributed by atoms with E-state index in [0.29, 0.717) is 5.92 Å². The van der Waals surface area contributed by atoms with Gasteiger partial charge in [-0.05, 0) is 5.92 Å². The molecule has 0 aromatic heterocycles. The van der Waals surface area contributed by atoms with Crippen molar-refractivity contribution in [1.29, 1.82) is 0 Å². The SMILES string of the molecule is C=CC(C)C=C.C=CC=C. The summed E-state index contributed by atoms with van der Waals surface area (Å²) in [5.74, 6) is 0.463. The molecule has 56 valence electrons. The van der Waals surface area contributed by atoms with Crippen molar-refractivity contribution in [2.75, 3.05) is 0 Å². The van der Waals surface area contributed by atoms with E-state index in [4.69, 9.17) is 0 Å². The summed E-state index contributed by atoms with van der Waals surface area (Å²) in [7, 11) is 0. The third-order valence-electron chi connectivity index (χ3n) is 0.910. The Labute approximate surface area is 64.3 Å². The lowest BCUT2D eigenvalue weighted by Crippen LogP contribution is -1.75. The van der Waals surface area contributed by atoms with Crippen LogP contribution < -0.4 is 0 Å². The van der Waals surface area contributed by atoms with E-state index in [-0.39, 0.29) is 0 Å². The van der Waals surface area contributed by atoms with E-state index in [0.717, 1.165) is 0 Å². The predicted octanol–water partition coefficient (Wildman–Crippen LogP) is 3.35. The lowest BCUT2D eigenvalue weighted by Gasteiger charge is -1.88. The molecule has 0 atom stereocenters. The van der Waals surface area contributed by atoms with Gasteiger partial charge >= 0.3 is 0 Å². The van der Waals surface area contributed by atoms with E-state index in [1.807, 2.05) is 19.1 Å². The second kappa shape index (κ2) is 10.9. The molecule has 0 N–H and O–H groups in total. The molecule has 0 saturated carbocycles. The fraction of sp³-hybridized carbons (Fsp3) is 0.200. The smallest absolute Gasteiger partial charge is 0.00872 e. The Balaban J connectivity index is 0. The monoisotopic (exact) mass is 136 g/mol. The normalized spacial score (nSPS) is 7.00. The summed E-state index contributed by atoms with van der Waals surface area (Å²) < 4.78 is 0. The van der Waals surface area contributed by atoms with Gasteiger partial charge in [0.05, 0.1) is 0 Å². The number of rotatable bonds is 3. The second-order valence-electron chi connectivity index (χ2n) is 1.80. The highest BCUT2D eigenvalue weighted by Crippen LogP contribution is 1.92. The first-order valence-corrected chi connectivity index (χ1v) is 3.21. The predicted molar refractivity (Wildman–Crippen MR) is 50.0 cm³/mol. The molecular weight excluding hydrogens is 120 g/mol. The van der Waals surface area contributed by atoms with Crippen LogP contribution in [-0.4, -0.2) is 0 Å². The van der Waals surface area contributed by atoms with Crippen LogP contribution in [0.5, 0.6) is 0 Å². The molecule has 0 aromatic rings. The largest absolute Gasteiger partial charge is 0.103 e. The Morgan fingerprint density at radius 1 is 0.900 bits per heavy atom. The zero-order chi connectivity index (χ0) is 8.41. The zero-order valence-electron chi connectivity index (χ0n) is 6.72. The Kier molecular flexibility index (Phi) is 12.7. The highest BCUT2D eigenvalue weighted by molar-refractivity contribution is 4.88. The fourth-order valence-electron chi connectivity index (χ4n) is 0.0962. The molecule has 0 unspecified atom stereocenters. The molecule has 0 saturated heterocycles. The molecule has 0 aliphatic carbocycles. The molecule has 0 aliphatic rings. The number of allylic oxidation sites excluding steroid dienone is 4. The van der Waals surface area contributed by atoms with Gasteiger partial charge in [-0.15, -0.1) is 13.2 Å². The lowest BCUT2D eigenvalue weighted by atomic mass is 10.2. The van der Waals surface area contributed by atoms with Crippen LogP contribution in [0.4, 0.5) is 0 Å². The van der Waals surface area contributed by atoms with Crippen molar-refractivity contribution in [3.8, 4) is 0 Å². The van der Waals surface area contributed by atoms with Crippen LogP contribution in [0.1, 0.15) is 6.92 Å². The summed E-state index contributed by atoms with van der Waals surface area (Å²) in [6.07, 6.45) is 6.99. The molecule has 0 bridgehead atoms. The summed E-state index contributed by atoms with van der Waals surface area (Å²) >= 11 is 0. The Hall–Kier alpha value is -1.04. The fourth-order valence-corrected chi connectivity index (χ4v) is 0.0962. The Bertz CT molecular complexity index is 95.2. The summed E-state index contributed by atoms with van der Waals surface area (Å²) in [5.41, 5.74) is 0. The van der Waals surface area contributed by atoms with Gasteiger partial charge in [0.2, 0.25) is 0 Å². The Morgan fingerprint density at radius 3 is 1.20 bits per heavy atom. The van der Waals surface area contributed by atoms with E-state index in [9.17, 15) is 0 Å². The van der Waals surface area contributed by atoms with Gasteiger partial charge in [0.25, 0.3) is 0 Å². The summed E-state index contributed by atoms with van der Waals surface area (Å²) in [4.78, 5) is 0.